The largest absolute Gasteiger partial charge is 0.393 e. The van der Waals surface area contributed by atoms with Gasteiger partial charge in [0.05, 0.1) is 6.10 Å². The fourth-order valence-electron chi connectivity index (χ4n) is 1.26. The Morgan fingerprint density at radius 2 is 2.33 bits per heavy atom. The van der Waals surface area contributed by atoms with Crippen molar-refractivity contribution in [3.8, 4) is 0 Å². The summed E-state index contributed by atoms with van der Waals surface area (Å²) < 4.78 is 0. The lowest BCUT2D eigenvalue weighted by molar-refractivity contribution is 0.167. The van der Waals surface area contributed by atoms with E-state index >= 15 is 0 Å². The summed E-state index contributed by atoms with van der Waals surface area (Å²) in [4.78, 5) is 0. The van der Waals surface area contributed by atoms with E-state index in [4.69, 9.17) is 5.11 Å². The summed E-state index contributed by atoms with van der Waals surface area (Å²) >= 11 is 0. The summed E-state index contributed by atoms with van der Waals surface area (Å²) in [5.74, 6) is 1.23. The number of rotatable bonds is 2. The molecule has 1 rings (SSSR count). The Labute approximate surface area is 56.4 Å². The first kappa shape index (κ1) is 6.81. The minimum Gasteiger partial charge on any atom is -0.393 e. The predicted molar refractivity (Wildman–Crippen MR) is 38.1 cm³/mol. The smallest absolute Gasteiger partial charge is 0.0546 e. The van der Waals surface area contributed by atoms with Gasteiger partial charge in [0.25, 0.3) is 0 Å². The van der Waals surface area contributed by atoms with Gasteiger partial charge < -0.3 is 5.11 Å². The quantitative estimate of drug-likeness (QED) is 0.557. The molecule has 9 heavy (non-hydrogen) atoms. The van der Waals surface area contributed by atoms with Crippen molar-refractivity contribution < 1.29 is 5.11 Å². The third kappa shape index (κ3) is 1.55. The first-order chi connectivity index (χ1) is 4.25. The summed E-state index contributed by atoms with van der Waals surface area (Å²) in [7, 11) is 0. The van der Waals surface area contributed by atoms with E-state index in [0.717, 1.165) is 0 Å². The molecule has 1 aliphatic rings. The van der Waals surface area contributed by atoms with Gasteiger partial charge in [0.1, 0.15) is 0 Å². The fraction of sp³-hybridized carbons (Fsp3) is 0.750. The molecule has 1 nitrogen and oxygen atoms in total. The third-order valence-corrected chi connectivity index (χ3v) is 1.95. The standard InChI is InChI=1S/C8H14O/c1-3-4-7-5-8(7)6(2)9/h3-4,6-9H,5H2,1-2H3/b4-3+/t6-,7-,8+/m1/s1. The summed E-state index contributed by atoms with van der Waals surface area (Å²) in [6.07, 6.45) is 5.32. The van der Waals surface area contributed by atoms with Gasteiger partial charge in [-0.05, 0) is 32.1 Å². The zero-order valence-corrected chi connectivity index (χ0v) is 6.04. The molecule has 1 aliphatic carbocycles. The molecule has 0 aliphatic heterocycles. The highest BCUT2D eigenvalue weighted by molar-refractivity contribution is 5.02. The lowest BCUT2D eigenvalue weighted by atomic mass is 10.2. The molecule has 1 N–H and O–H groups in total. The van der Waals surface area contributed by atoms with E-state index in [0.29, 0.717) is 11.8 Å². The molecule has 0 aromatic rings. The van der Waals surface area contributed by atoms with E-state index in [2.05, 4.69) is 12.2 Å². The van der Waals surface area contributed by atoms with Crippen LogP contribution in [0.5, 0.6) is 0 Å². The van der Waals surface area contributed by atoms with Crippen molar-refractivity contribution in [2.45, 2.75) is 26.4 Å². The van der Waals surface area contributed by atoms with Crippen LogP contribution in [0.4, 0.5) is 0 Å². The van der Waals surface area contributed by atoms with Crippen molar-refractivity contribution in [2.24, 2.45) is 11.8 Å². The van der Waals surface area contributed by atoms with Crippen molar-refractivity contribution in [3.63, 3.8) is 0 Å². The second-order valence-electron chi connectivity index (χ2n) is 2.83. The molecule has 0 unspecified atom stereocenters. The second-order valence-corrected chi connectivity index (χ2v) is 2.83. The van der Waals surface area contributed by atoms with Gasteiger partial charge in [-0.25, -0.2) is 0 Å². The van der Waals surface area contributed by atoms with Gasteiger partial charge >= 0.3 is 0 Å². The van der Waals surface area contributed by atoms with E-state index in [1.54, 1.807) is 0 Å². The molecule has 3 atom stereocenters. The van der Waals surface area contributed by atoms with Gasteiger partial charge in [-0.15, -0.1) is 0 Å². The maximum absolute atomic E-state index is 9.06. The van der Waals surface area contributed by atoms with Crippen molar-refractivity contribution >= 4 is 0 Å². The maximum Gasteiger partial charge on any atom is 0.0546 e. The highest BCUT2D eigenvalue weighted by atomic mass is 16.3. The Morgan fingerprint density at radius 3 is 2.67 bits per heavy atom. The van der Waals surface area contributed by atoms with Crippen LogP contribution in [0.3, 0.4) is 0 Å². The Hall–Kier alpha value is -0.300. The van der Waals surface area contributed by atoms with Gasteiger partial charge in [0.15, 0.2) is 0 Å². The van der Waals surface area contributed by atoms with Crippen molar-refractivity contribution in [3.05, 3.63) is 12.2 Å². The number of allylic oxidation sites excluding steroid dienone is 2. The molecule has 1 fully saturated rings. The molecule has 0 spiro atoms. The van der Waals surface area contributed by atoms with Crippen LogP contribution in [0.15, 0.2) is 12.2 Å². The van der Waals surface area contributed by atoms with Crippen LogP contribution in [0.2, 0.25) is 0 Å². The monoisotopic (exact) mass is 126 g/mol. The lowest BCUT2D eigenvalue weighted by Crippen LogP contribution is -2.02. The first-order valence-corrected chi connectivity index (χ1v) is 3.56. The summed E-state index contributed by atoms with van der Waals surface area (Å²) in [5, 5.41) is 9.06. The second kappa shape index (κ2) is 2.53. The number of hydrogen-bond acceptors (Lipinski definition) is 1. The van der Waals surface area contributed by atoms with E-state index in [1.165, 1.54) is 6.42 Å². The Balaban J connectivity index is 2.24. The first-order valence-electron chi connectivity index (χ1n) is 3.56. The SMILES string of the molecule is C/C=C/[C@@H]1C[C@H]1[C@@H](C)O. The van der Waals surface area contributed by atoms with E-state index in [-0.39, 0.29) is 6.10 Å². The van der Waals surface area contributed by atoms with Gasteiger partial charge in [0.2, 0.25) is 0 Å². The molecule has 52 valence electrons. The van der Waals surface area contributed by atoms with E-state index in [9.17, 15) is 0 Å². The molecular formula is C8H14O. The molecule has 0 radical (unpaired) electrons. The van der Waals surface area contributed by atoms with Crippen molar-refractivity contribution in [2.75, 3.05) is 0 Å². The van der Waals surface area contributed by atoms with Gasteiger partial charge in [-0.3, -0.25) is 0 Å². The zero-order chi connectivity index (χ0) is 6.85. The molecule has 1 heteroatoms. The lowest BCUT2D eigenvalue weighted by Gasteiger charge is -1.97. The zero-order valence-electron chi connectivity index (χ0n) is 6.04. The number of aliphatic hydroxyl groups is 1. The van der Waals surface area contributed by atoms with Gasteiger partial charge in [0, 0.05) is 0 Å². The highest BCUT2D eigenvalue weighted by Crippen LogP contribution is 2.41. The van der Waals surface area contributed by atoms with Crippen molar-refractivity contribution in [1.29, 1.82) is 0 Å². The Morgan fingerprint density at radius 1 is 1.67 bits per heavy atom. The summed E-state index contributed by atoms with van der Waals surface area (Å²) in [6.45, 7) is 3.89. The minimum absolute atomic E-state index is 0.105. The minimum atomic E-state index is -0.105. The molecule has 0 amide bonds. The summed E-state index contributed by atoms with van der Waals surface area (Å²) in [5.41, 5.74) is 0. The Bertz CT molecular complexity index is 116. The molecule has 0 aromatic carbocycles. The van der Waals surface area contributed by atoms with Crippen LogP contribution in [-0.2, 0) is 0 Å². The molecule has 1 saturated carbocycles. The average Bonchev–Trinajstić information content (AvgIpc) is 2.47. The predicted octanol–water partition coefficient (Wildman–Crippen LogP) is 1.58. The molecule has 0 saturated heterocycles. The Kier molecular flexibility index (Phi) is 1.91. The topological polar surface area (TPSA) is 20.2 Å². The van der Waals surface area contributed by atoms with Gasteiger partial charge in [-0.1, -0.05) is 12.2 Å². The molecular weight excluding hydrogens is 112 g/mol. The third-order valence-electron chi connectivity index (χ3n) is 1.95. The normalized spacial score (nSPS) is 37.2. The number of aliphatic hydroxyl groups excluding tert-OH is 1. The fourth-order valence-corrected chi connectivity index (χ4v) is 1.26. The highest BCUT2D eigenvalue weighted by Gasteiger charge is 2.37. The molecule has 0 bridgehead atoms. The number of hydrogen-bond donors (Lipinski definition) is 1. The molecule has 0 heterocycles. The van der Waals surface area contributed by atoms with Crippen LogP contribution in [0.1, 0.15) is 20.3 Å². The van der Waals surface area contributed by atoms with Crippen LogP contribution in [-0.4, -0.2) is 11.2 Å². The summed E-state index contributed by atoms with van der Waals surface area (Å²) in [6, 6.07) is 0. The van der Waals surface area contributed by atoms with E-state index < -0.39 is 0 Å². The van der Waals surface area contributed by atoms with Crippen molar-refractivity contribution in [1.82, 2.24) is 0 Å². The van der Waals surface area contributed by atoms with Gasteiger partial charge in [-0.2, -0.15) is 0 Å². The molecule has 0 aromatic heterocycles. The van der Waals surface area contributed by atoms with Crippen LogP contribution in [0.25, 0.3) is 0 Å². The maximum atomic E-state index is 9.06. The average molecular weight is 126 g/mol. The van der Waals surface area contributed by atoms with Crippen LogP contribution < -0.4 is 0 Å². The van der Waals surface area contributed by atoms with Crippen LogP contribution in [0, 0.1) is 11.8 Å². The van der Waals surface area contributed by atoms with Crippen LogP contribution >= 0.6 is 0 Å². The van der Waals surface area contributed by atoms with E-state index in [1.807, 2.05) is 13.8 Å².